The fraction of sp³-hybridized carbons (Fsp3) is 0.318. The molecule has 0 bridgehead atoms. The van der Waals surface area contributed by atoms with Crippen LogP contribution in [0.3, 0.4) is 0 Å². The predicted molar refractivity (Wildman–Crippen MR) is 111 cm³/mol. The summed E-state index contributed by atoms with van der Waals surface area (Å²) in [5.74, 6) is -1.33. The molecule has 1 aliphatic carbocycles. The number of benzene rings is 2. The average Bonchev–Trinajstić information content (AvgIpc) is 3.05. The Bertz CT molecular complexity index is 1200. The monoisotopic (exact) mass is 430 g/mol. The topological polar surface area (TPSA) is 79.6 Å². The fourth-order valence-corrected chi connectivity index (χ4v) is 5.71. The van der Waals surface area contributed by atoms with Gasteiger partial charge in [0.2, 0.25) is 10.0 Å². The van der Waals surface area contributed by atoms with Crippen LogP contribution in [-0.2, 0) is 34.2 Å². The van der Waals surface area contributed by atoms with Gasteiger partial charge in [-0.15, -0.1) is 0 Å². The van der Waals surface area contributed by atoms with E-state index in [-0.39, 0.29) is 17.4 Å². The number of rotatable bonds is 6. The molecule has 0 saturated carbocycles. The quantitative estimate of drug-likeness (QED) is 0.650. The number of carboxylic acids is 1. The molecule has 1 aliphatic rings. The van der Waals surface area contributed by atoms with Crippen molar-refractivity contribution in [2.75, 3.05) is 7.05 Å². The molecule has 2 aromatic carbocycles. The van der Waals surface area contributed by atoms with Crippen LogP contribution in [0.2, 0.25) is 0 Å². The van der Waals surface area contributed by atoms with E-state index in [9.17, 15) is 17.6 Å². The van der Waals surface area contributed by atoms with Gasteiger partial charge in [0, 0.05) is 36.2 Å². The Kier molecular flexibility index (Phi) is 5.38. The first-order chi connectivity index (χ1) is 14.3. The van der Waals surface area contributed by atoms with Gasteiger partial charge in [0.15, 0.2) is 0 Å². The van der Waals surface area contributed by atoms with Gasteiger partial charge in [0.1, 0.15) is 5.82 Å². The van der Waals surface area contributed by atoms with E-state index in [1.165, 1.54) is 16.4 Å². The third-order valence-electron chi connectivity index (χ3n) is 5.90. The predicted octanol–water partition coefficient (Wildman–Crippen LogP) is 3.43. The summed E-state index contributed by atoms with van der Waals surface area (Å²) in [6.07, 6.45) is 1.88. The van der Waals surface area contributed by atoms with Crippen molar-refractivity contribution in [1.29, 1.82) is 0 Å². The minimum atomic E-state index is -3.74. The van der Waals surface area contributed by atoms with E-state index < -0.39 is 21.8 Å². The Morgan fingerprint density at radius 1 is 1.20 bits per heavy atom. The summed E-state index contributed by atoms with van der Waals surface area (Å²) in [7, 11) is -2.18. The maximum absolute atomic E-state index is 13.2. The second kappa shape index (κ2) is 7.85. The molecule has 0 aliphatic heterocycles. The molecule has 1 aromatic heterocycles. The average molecular weight is 431 g/mol. The molecule has 30 heavy (non-hydrogen) atoms. The van der Waals surface area contributed by atoms with Gasteiger partial charge in [-0.05, 0) is 55.2 Å². The number of halogens is 1. The van der Waals surface area contributed by atoms with Crippen LogP contribution in [0.1, 0.15) is 24.1 Å². The van der Waals surface area contributed by atoms with Crippen molar-refractivity contribution >= 4 is 26.9 Å². The first kappa shape index (κ1) is 20.6. The van der Waals surface area contributed by atoms with Crippen LogP contribution >= 0.6 is 0 Å². The number of fused-ring (bicyclic) bond motifs is 3. The van der Waals surface area contributed by atoms with Crippen LogP contribution in [0.4, 0.5) is 4.39 Å². The van der Waals surface area contributed by atoms with Gasteiger partial charge >= 0.3 is 5.97 Å². The Morgan fingerprint density at radius 2 is 1.90 bits per heavy atom. The number of carboxylic acid groups (broad SMARTS) is 1. The Labute approximate surface area is 174 Å². The van der Waals surface area contributed by atoms with Gasteiger partial charge in [0.25, 0.3) is 0 Å². The van der Waals surface area contributed by atoms with E-state index >= 15 is 0 Å². The fourth-order valence-electron chi connectivity index (χ4n) is 4.32. The summed E-state index contributed by atoms with van der Waals surface area (Å²) in [5, 5.41) is 10.1. The van der Waals surface area contributed by atoms with Crippen LogP contribution in [0.25, 0.3) is 10.9 Å². The van der Waals surface area contributed by atoms with Crippen LogP contribution in [0.5, 0.6) is 0 Å². The molecule has 1 N–H and O–H groups in total. The molecule has 0 spiro atoms. The number of aryl methyl sites for hydroxylation is 1. The third-order valence-corrected chi connectivity index (χ3v) is 7.83. The van der Waals surface area contributed by atoms with Crippen LogP contribution in [0, 0.1) is 5.82 Å². The van der Waals surface area contributed by atoms with E-state index in [4.69, 9.17) is 5.11 Å². The van der Waals surface area contributed by atoms with E-state index in [1.54, 1.807) is 7.05 Å². The van der Waals surface area contributed by atoms with Crippen LogP contribution in [0.15, 0.2) is 53.4 Å². The van der Waals surface area contributed by atoms with Crippen LogP contribution in [-0.4, -0.2) is 41.5 Å². The molecule has 0 radical (unpaired) electrons. The van der Waals surface area contributed by atoms with E-state index in [0.717, 1.165) is 34.3 Å². The standard InChI is InChI=1S/C22H23FN2O4S/c1-24(30(28,29)17-9-6-15(23)7-10-17)16-8-11-21-19(14-16)18-4-2-3-5-20(18)25(21)13-12-22(26)27/h2-7,9-10,16H,8,11-14H2,1H3,(H,26,27). The molecule has 1 heterocycles. The Morgan fingerprint density at radius 3 is 2.60 bits per heavy atom. The maximum Gasteiger partial charge on any atom is 0.305 e. The minimum Gasteiger partial charge on any atom is -0.481 e. The third kappa shape index (κ3) is 3.61. The smallest absolute Gasteiger partial charge is 0.305 e. The zero-order valence-electron chi connectivity index (χ0n) is 16.6. The first-order valence-electron chi connectivity index (χ1n) is 9.83. The van der Waals surface area contributed by atoms with Crippen molar-refractivity contribution in [1.82, 2.24) is 8.87 Å². The van der Waals surface area contributed by atoms with Gasteiger partial charge in [-0.2, -0.15) is 4.31 Å². The second-order valence-corrected chi connectivity index (χ2v) is 9.61. The number of likely N-dealkylation sites (N-methyl/N-ethyl adjacent to an activating group) is 1. The second-order valence-electron chi connectivity index (χ2n) is 7.61. The number of para-hydroxylation sites is 1. The Balaban J connectivity index is 1.67. The zero-order chi connectivity index (χ0) is 21.5. The number of hydrogen-bond donors (Lipinski definition) is 1. The summed E-state index contributed by atoms with van der Waals surface area (Å²) in [4.78, 5) is 11.2. The molecule has 158 valence electrons. The highest BCUT2D eigenvalue weighted by atomic mass is 32.2. The van der Waals surface area contributed by atoms with Gasteiger partial charge in [0.05, 0.1) is 11.3 Å². The molecule has 0 fully saturated rings. The minimum absolute atomic E-state index is 0.0351. The first-order valence-corrected chi connectivity index (χ1v) is 11.3. The lowest BCUT2D eigenvalue weighted by Crippen LogP contribution is -2.40. The SMILES string of the molecule is CN(C1CCc2c(c3ccccc3n2CCC(=O)O)C1)S(=O)(=O)c1ccc(F)cc1. The summed E-state index contributed by atoms with van der Waals surface area (Å²) in [6.45, 7) is 0.388. The van der Waals surface area contributed by atoms with Crippen LogP contribution < -0.4 is 0 Å². The van der Waals surface area contributed by atoms with E-state index in [0.29, 0.717) is 25.8 Å². The molecule has 4 rings (SSSR count). The van der Waals surface area contributed by atoms with Gasteiger partial charge in [-0.3, -0.25) is 4.79 Å². The molecular weight excluding hydrogens is 407 g/mol. The van der Waals surface area contributed by atoms with Gasteiger partial charge < -0.3 is 9.67 Å². The lowest BCUT2D eigenvalue weighted by Gasteiger charge is -2.31. The molecule has 6 nitrogen and oxygen atoms in total. The van der Waals surface area contributed by atoms with Crippen molar-refractivity contribution in [3.63, 3.8) is 0 Å². The molecule has 0 amide bonds. The van der Waals surface area contributed by atoms with Crippen molar-refractivity contribution in [3.8, 4) is 0 Å². The van der Waals surface area contributed by atoms with Crippen molar-refractivity contribution < 1.29 is 22.7 Å². The molecular formula is C22H23FN2O4S. The van der Waals surface area contributed by atoms with Crippen molar-refractivity contribution in [2.45, 2.75) is 43.2 Å². The largest absolute Gasteiger partial charge is 0.481 e. The normalized spacial score (nSPS) is 16.7. The number of aromatic nitrogens is 1. The summed E-state index contributed by atoms with van der Waals surface area (Å²) < 4.78 is 42.7. The number of carbonyl (C=O) groups is 1. The maximum atomic E-state index is 13.2. The van der Waals surface area contributed by atoms with E-state index in [1.807, 2.05) is 24.3 Å². The van der Waals surface area contributed by atoms with Gasteiger partial charge in [-0.1, -0.05) is 18.2 Å². The molecule has 1 unspecified atom stereocenters. The Hall–Kier alpha value is -2.71. The van der Waals surface area contributed by atoms with Gasteiger partial charge in [-0.25, -0.2) is 12.8 Å². The highest BCUT2D eigenvalue weighted by Crippen LogP contribution is 2.35. The number of sulfonamides is 1. The molecule has 8 heteroatoms. The molecule has 1 atom stereocenters. The van der Waals surface area contributed by atoms with Crippen molar-refractivity contribution in [3.05, 3.63) is 65.6 Å². The number of hydrogen-bond acceptors (Lipinski definition) is 3. The summed E-state index contributed by atoms with van der Waals surface area (Å²) in [5.41, 5.74) is 3.14. The summed E-state index contributed by atoms with van der Waals surface area (Å²) in [6, 6.07) is 12.5. The lowest BCUT2D eigenvalue weighted by atomic mass is 9.91. The van der Waals surface area contributed by atoms with Crippen molar-refractivity contribution in [2.24, 2.45) is 0 Å². The zero-order valence-corrected chi connectivity index (χ0v) is 17.4. The van der Waals surface area contributed by atoms with E-state index in [2.05, 4.69) is 4.57 Å². The number of nitrogens with zero attached hydrogens (tertiary/aromatic N) is 2. The highest BCUT2D eigenvalue weighted by Gasteiger charge is 2.33. The number of aliphatic carboxylic acids is 1. The lowest BCUT2D eigenvalue weighted by molar-refractivity contribution is -0.137. The highest BCUT2D eigenvalue weighted by molar-refractivity contribution is 7.89. The molecule has 3 aromatic rings. The summed E-state index contributed by atoms with van der Waals surface area (Å²) >= 11 is 0. The molecule has 0 saturated heterocycles.